The molecule has 0 saturated heterocycles. The van der Waals surface area contributed by atoms with Crippen LogP contribution in [0, 0.1) is 5.92 Å². The maximum absolute atomic E-state index is 12.1. The van der Waals surface area contributed by atoms with Crippen molar-refractivity contribution in [3.63, 3.8) is 0 Å². The minimum atomic E-state index is 0.189. The number of carbonyl (C=O) groups is 1. The monoisotopic (exact) mass is 304 g/mol. The topological polar surface area (TPSA) is 41.6 Å². The summed E-state index contributed by atoms with van der Waals surface area (Å²) in [4.78, 5) is 14.5. The molecule has 1 aromatic carbocycles. The number of hydrogen-bond acceptors (Lipinski definition) is 3. The van der Waals surface area contributed by atoms with Gasteiger partial charge in [0.2, 0.25) is 5.91 Å². The van der Waals surface area contributed by atoms with Gasteiger partial charge in [-0.05, 0) is 43.6 Å². The van der Waals surface area contributed by atoms with Crippen molar-refractivity contribution in [2.75, 3.05) is 26.7 Å². The Morgan fingerprint density at radius 2 is 2.09 bits per heavy atom. The number of ether oxygens (including phenoxy) is 1. The largest absolute Gasteiger partial charge is 0.497 e. The number of nitrogens with zero attached hydrogens (tertiary/aromatic N) is 1. The van der Waals surface area contributed by atoms with Gasteiger partial charge in [-0.1, -0.05) is 32.4 Å². The molecule has 1 aliphatic rings. The van der Waals surface area contributed by atoms with E-state index in [1.54, 1.807) is 7.11 Å². The van der Waals surface area contributed by atoms with E-state index in [9.17, 15) is 4.79 Å². The van der Waals surface area contributed by atoms with Crippen LogP contribution in [0.15, 0.2) is 24.3 Å². The molecule has 1 aromatic rings. The van der Waals surface area contributed by atoms with E-state index in [-0.39, 0.29) is 17.9 Å². The Kier molecular flexibility index (Phi) is 6.25. The molecule has 1 N–H and O–H groups in total. The Morgan fingerprint density at radius 1 is 1.36 bits per heavy atom. The van der Waals surface area contributed by atoms with Crippen LogP contribution in [-0.4, -0.2) is 37.6 Å². The van der Waals surface area contributed by atoms with Crippen molar-refractivity contribution >= 4 is 5.91 Å². The molecule has 2 rings (SSSR count). The lowest BCUT2D eigenvalue weighted by molar-refractivity contribution is -0.127. The van der Waals surface area contributed by atoms with Crippen molar-refractivity contribution in [1.82, 2.24) is 10.2 Å². The Bertz CT molecular complexity index is 482. The van der Waals surface area contributed by atoms with Gasteiger partial charge in [0.15, 0.2) is 0 Å². The summed E-state index contributed by atoms with van der Waals surface area (Å²) in [6.07, 6.45) is 3.27. The SMILES string of the molecule is CCN(CC)C(CNC(=O)C1CCC1)c1cccc(OC)c1. The normalized spacial score (nSPS) is 16.2. The predicted octanol–water partition coefficient (Wildman–Crippen LogP) is 2.99. The smallest absolute Gasteiger partial charge is 0.223 e. The predicted molar refractivity (Wildman–Crippen MR) is 89.0 cm³/mol. The average Bonchev–Trinajstić information content (AvgIpc) is 2.49. The van der Waals surface area contributed by atoms with Gasteiger partial charge in [0.1, 0.15) is 5.75 Å². The number of amides is 1. The molecule has 0 spiro atoms. The highest BCUT2D eigenvalue weighted by Gasteiger charge is 2.26. The van der Waals surface area contributed by atoms with Crippen LogP contribution in [0.5, 0.6) is 5.75 Å². The van der Waals surface area contributed by atoms with Crippen LogP contribution in [0.3, 0.4) is 0 Å². The van der Waals surface area contributed by atoms with Crippen LogP contribution in [0.25, 0.3) is 0 Å². The van der Waals surface area contributed by atoms with E-state index in [1.165, 1.54) is 12.0 Å². The standard InChI is InChI=1S/C18H28N2O2/c1-4-20(5-2)17(13-19-18(21)14-8-6-9-14)15-10-7-11-16(12-15)22-3/h7,10-12,14,17H,4-6,8-9,13H2,1-3H3,(H,19,21). The van der Waals surface area contributed by atoms with Crippen LogP contribution in [0.2, 0.25) is 0 Å². The third-order valence-corrected chi connectivity index (χ3v) is 4.68. The Labute approximate surface area is 133 Å². The summed E-state index contributed by atoms with van der Waals surface area (Å²) in [5.74, 6) is 1.31. The van der Waals surface area contributed by atoms with Crippen LogP contribution < -0.4 is 10.1 Å². The molecule has 1 saturated carbocycles. The molecular weight excluding hydrogens is 276 g/mol. The van der Waals surface area contributed by atoms with E-state index in [4.69, 9.17) is 4.74 Å². The molecule has 0 radical (unpaired) electrons. The van der Waals surface area contributed by atoms with Gasteiger partial charge in [0.25, 0.3) is 0 Å². The van der Waals surface area contributed by atoms with Gasteiger partial charge in [0, 0.05) is 12.5 Å². The summed E-state index contributed by atoms with van der Waals surface area (Å²) in [5, 5.41) is 3.15. The second-order valence-corrected chi connectivity index (χ2v) is 5.89. The minimum absolute atomic E-state index is 0.189. The highest BCUT2D eigenvalue weighted by Crippen LogP contribution is 2.27. The van der Waals surface area contributed by atoms with Gasteiger partial charge in [0.05, 0.1) is 13.2 Å². The van der Waals surface area contributed by atoms with Gasteiger partial charge in [-0.25, -0.2) is 0 Å². The second-order valence-electron chi connectivity index (χ2n) is 5.89. The van der Waals surface area contributed by atoms with Gasteiger partial charge in [-0.15, -0.1) is 0 Å². The van der Waals surface area contributed by atoms with E-state index < -0.39 is 0 Å². The molecule has 122 valence electrons. The lowest BCUT2D eigenvalue weighted by atomic mass is 9.85. The van der Waals surface area contributed by atoms with E-state index in [0.717, 1.165) is 31.7 Å². The first-order valence-corrected chi connectivity index (χ1v) is 8.35. The van der Waals surface area contributed by atoms with Gasteiger partial charge in [-0.3, -0.25) is 9.69 Å². The molecule has 4 nitrogen and oxygen atoms in total. The fourth-order valence-electron chi connectivity index (χ4n) is 2.98. The Balaban J connectivity index is 2.09. The fraction of sp³-hybridized carbons (Fsp3) is 0.611. The number of nitrogens with one attached hydrogen (secondary N) is 1. The lowest BCUT2D eigenvalue weighted by Crippen LogP contribution is -2.41. The molecule has 1 atom stereocenters. The first kappa shape index (κ1) is 16.8. The fourth-order valence-corrected chi connectivity index (χ4v) is 2.98. The number of methoxy groups -OCH3 is 1. The van der Waals surface area contributed by atoms with E-state index >= 15 is 0 Å². The summed E-state index contributed by atoms with van der Waals surface area (Å²) in [7, 11) is 1.68. The zero-order chi connectivity index (χ0) is 15.9. The van der Waals surface area contributed by atoms with Crippen LogP contribution in [0.1, 0.15) is 44.7 Å². The van der Waals surface area contributed by atoms with Crippen molar-refractivity contribution in [1.29, 1.82) is 0 Å². The van der Waals surface area contributed by atoms with Crippen LogP contribution in [-0.2, 0) is 4.79 Å². The zero-order valence-corrected chi connectivity index (χ0v) is 14.0. The van der Waals surface area contributed by atoms with Crippen molar-refractivity contribution in [3.05, 3.63) is 29.8 Å². The molecule has 0 heterocycles. The first-order valence-electron chi connectivity index (χ1n) is 8.35. The number of rotatable bonds is 8. The van der Waals surface area contributed by atoms with E-state index in [2.05, 4.69) is 36.2 Å². The number of likely N-dealkylation sites (N-methyl/N-ethyl adjacent to an activating group) is 1. The van der Waals surface area contributed by atoms with Crippen molar-refractivity contribution in [2.24, 2.45) is 5.92 Å². The average molecular weight is 304 g/mol. The highest BCUT2D eigenvalue weighted by molar-refractivity contribution is 5.79. The molecule has 0 bridgehead atoms. The van der Waals surface area contributed by atoms with Crippen LogP contribution in [0.4, 0.5) is 0 Å². The first-order chi connectivity index (χ1) is 10.7. The maximum atomic E-state index is 12.1. The van der Waals surface area contributed by atoms with E-state index in [1.807, 2.05) is 12.1 Å². The summed E-state index contributed by atoms with van der Waals surface area (Å²) in [6, 6.07) is 8.34. The van der Waals surface area contributed by atoms with Gasteiger partial charge < -0.3 is 10.1 Å². The summed E-state index contributed by atoms with van der Waals surface area (Å²) in [6.45, 7) is 6.88. The Morgan fingerprint density at radius 3 is 2.64 bits per heavy atom. The summed E-state index contributed by atoms with van der Waals surface area (Å²) >= 11 is 0. The quantitative estimate of drug-likeness (QED) is 0.803. The zero-order valence-electron chi connectivity index (χ0n) is 14.0. The molecule has 0 aliphatic heterocycles. The molecule has 4 heteroatoms. The lowest BCUT2D eigenvalue weighted by Gasteiger charge is -2.32. The molecule has 22 heavy (non-hydrogen) atoms. The Hall–Kier alpha value is -1.55. The van der Waals surface area contributed by atoms with Gasteiger partial charge in [-0.2, -0.15) is 0 Å². The molecular formula is C18H28N2O2. The van der Waals surface area contributed by atoms with Crippen molar-refractivity contribution in [2.45, 2.75) is 39.2 Å². The number of carbonyl (C=O) groups excluding carboxylic acids is 1. The molecule has 1 aliphatic carbocycles. The number of benzene rings is 1. The van der Waals surface area contributed by atoms with E-state index in [0.29, 0.717) is 6.54 Å². The summed E-state index contributed by atoms with van der Waals surface area (Å²) in [5.41, 5.74) is 1.19. The van der Waals surface area contributed by atoms with Crippen molar-refractivity contribution < 1.29 is 9.53 Å². The molecule has 1 amide bonds. The molecule has 0 aromatic heterocycles. The summed E-state index contributed by atoms with van der Waals surface area (Å²) < 4.78 is 5.34. The number of hydrogen-bond donors (Lipinski definition) is 1. The molecule has 1 unspecified atom stereocenters. The third-order valence-electron chi connectivity index (χ3n) is 4.68. The third kappa shape index (κ3) is 4.01. The second kappa shape index (κ2) is 8.18. The van der Waals surface area contributed by atoms with Crippen LogP contribution >= 0.6 is 0 Å². The minimum Gasteiger partial charge on any atom is -0.497 e. The highest BCUT2D eigenvalue weighted by atomic mass is 16.5. The maximum Gasteiger partial charge on any atom is 0.223 e. The van der Waals surface area contributed by atoms with Crippen molar-refractivity contribution in [3.8, 4) is 5.75 Å². The van der Waals surface area contributed by atoms with Gasteiger partial charge >= 0.3 is 0 Å². The molecule has 1 fully saturated rings.